The van der Waals surface area contributed by atoms with Crippen molar-refractivity contribution in [3.63, 3.8) is 0 Å². The van der Waals surface area contributed by atoms with Crippen molar-refractivity contribution in [2.24, 2.45) is 0 Å². The molecule has 0 aromatic heterocycles. The Labute approximate surface area is 101 Å². The van der Waals surface area contributed by atoms with Gasteiger partial charge in [0.05, 0.1) is 11.0 Å². The molecule has 1 atom stereocenters. The lowest BCUT2D eigenvalue weighted by molar-refractivity contribution is -0.385. The van der Waals surface area contributed by atoms with Crippen LogP contribution in [-0.2, 0) is 0 Å². The van der Waals surface area contributed by atoms with Crippen molar-refractivity contribution >= 4 is 5.69 Å². The minimum Gasteiger partial charge on any atom is -0.406 e. The number of halogens is 3. The molecule has 0 radical (unpaired) electrons. The fraction of sp³-hybridized carbons (Fsp3) is 0.273. The van der Waals surface area contributed by atoms with Crippen molar-refractivity contribution in [3.8, 4) is 5.75 Å². The summed E-state index contributed by atoms with van der Waals surface area (Å²) in [5, 5.41) is 10.6. The summed E-state index contributed by atoms with van der Waals surface area (Å²) in [5.74, 6) is -0.930. The molecule has 1 rings (SSSR count). The fourth-order valence-corrected chi connectivity index (χ4v) is 1.30. The fourth-order valence-electron chi connectivity index (χ4n) is 1.30. The zero-order valence-corrected chi connectivity index (χ0v) is 9.40. The van der Waals surface area contributed by atoms with E-state index in [2.05, 4.69) is 11.3 Å². The van der Waals surface area contributed by atoms with E-state index < -0.39 is 22.7 Å². The predicted octanol–water partition coefficient (Wildman–Crippen LogP) is 3.78. The van der Waals surface area contributed by atoms with Gasteiger partial charge in [-0.1, -0.05) is 13.0 Å². The molecule has 18 heavy (non-hydrogen) atoms. The van der Waals surface area contributed by atoms with Gasteiger partial charge in [-0.3, -0.25) is 10.1 Å². The number of hydrogen-bond donors (Lipinski definition) is 0. The summed E-state index contributed by atoms with van der Waals surface area (Å²) in [7, 11) is 0. The second-order valence-electron chi connectivity index (χ2n) is 3.59. The number of alkyl halides is 3. The Hall–Kier alpha value is -2.05. The van der Waals surface area contributed by atoms with Gasteiger partial charge in [0.1, 0.15) is 5.75 Å². The largest absolute Gasteiger partial charge is 0.573 e. The number of nitrogens with zero attached hydrogens (tertiary/aromatic N) is 1. The van der Waals surface area contributed by atoms with Crippen LogP contribution in [0, 0.1) is 10.1 Å². The summed E-state index contributed by atoms with van der Waals surface area (Å²) in [5.41, 5.74) is -0.126. The Bertz CT molecular complexity index is 471. The third-order valence-corrected chi connectivity index (χ3v) is 2.24. The van der Waals surface area contributed by atoms with Gasteiger partial charge in [-0.05, 0) is 17.5 Å². The second kappa shape index (κ2) is 5.07. The van der Waals surface area contributed by atoms with Crippen LogP contribution in [0.25, 0.3) is 0 Å². The van der Waals surface area contributed by atoms with Crippen LogP contribution in [0.2, 0.25) is 0 Å². The Morgan fingerprint density at radius 1 is 1.44 bits per heavy atom. The number of nitro benzene ring substituents is 1. The van der Waals surface area contributed by atoms with E-state index in [0.717, 1.165) is 12.1 Å². The van der Waals surface area contributed by atoms with Crippen LogP contribution < -0.4 is 4.74 Å². The Morgan fingerprint density at radius 2 is 2.06 bits per heavy atom. The standard InChI is InChI=1S/C11H10F3NO3/c1-3-7(2)8-4-9(15(16)17)6-10(5-8)18-11(12,13)14/h3-7H,1H2,2H3. The van der Waals surface area contributed by atoms with Crippen LogP contribution in [0.5, 0.6) is 5.75 Å². The number of ether oxygens (including phenoxy) is 1. The normalized spacial score (nSPS) is 12.9. The molecule has 0 aliphatic heterocycles. The first-order chi connectivity index (χ1) is 8.23. The molecule has 1 aromatic rings. The highest BCUT2D eigenvalue weighted by atomic mass is 19.4. The molecule has 0 aliphatic rings. The second-order valence-corrected chi connectivity index (χ2v) is 3.59. The van der Waals surface area contributed by atoms with Crippen molar-refractivity contribution in [1.29, 1.82) is 0 Å². The monoisotopic (exact) mass is 261 g/mol. The molecule has 1 aromatic carbocycles. The zero-order chi connectivity index (χ0) is 13.9. The lowest BCUT2D eigenvalue weighted by atomic mass is 10.0. The molecule has 0 bridgehead atoms. The summed E-state index contributed by atoms with van der Waals surface area (Å²) in [6.45, 7) is 5.14. The minimum absolute atomic E-state index is 0.319. The van der Waals surface area contributed by atoms with Crippen LogP contribution in [-0.4, -0.2) is 11.3 Å². The van der Waals surface area contributed by atoms with E-state index in [1.165, 1.54) is 12.1 Å². The molecule has 0 spiro atoms. The molecule has 0 heterocycles. The van der Waals surface area contributed by atoms with Crippen LogP contribution in [0.4, 0.5) is 18.9 Å². The van der Waals surface area contributed by atoms with Gasteiger partial charge in [0.25, 0.3) is 5.69 Å². The number of benzene rings is 1. The Balaban J connectivity index is 3.22. The predicted molar refractivity (Wildman–Crippen MR) is 58.4 cm³/mol. The van der Waals surface area contributed by atoms with E-state index in [-0.39, 0.29) is 5.92 Å². The molecule has 0 amide bonds. The molecule has 0 fully saturated rings. The molecular formula is C11H10F3NO3. The van der Waals surface area contributed by atoms with Crippen molar-refractivity contribution in [2.75, 3.05) is 0 Å². The van der Waals surface area contributed by atoms with Gasteiger partial charge in [0, 0.05) is 6.07 Å². The maximum atomic E-state index is 12.1. The molecule has 0 saturated heterocycles. The van der Waals surface area contributed by atoms with E-state index in [9.17, 15) is 23.3 Å². The van der Waals surface area contributed by atoms with Crippen LogP contribution >= 0.6 is 0 Å². The molecule has 7 heteroatoms. The average Bonchev–Trinajstić information content (AvgIpc) is 2.25. The molecular weight excluding hydrogens is 251 g/mol. The zero-order valence-electron chi connectivity index (χ0n) is 9.40. The van der Waals surface area contributed by atoms with Gasteiger partial charge in [-0.2, -0.15) is 0 Å². The average molecular weight is 261 g/mol. The van der Waals surface area contributed by atoms with Gasteiger partial charge >= 0.3 is 6.36 Å². The SMILES string of the molecule is C=CC(C)c1cc(OC(F)(F)F)cc([N+](=O)[O-])c1. The number of rotatable bonds is 4. The van der Waals surface area contributed by atoms with Gasteiger partial charge in [0.2, 0.25) is 0 Å². The molecule has 0 saturated carbocycles. The van der Waals surface area contributed by atoms with Crippen LogP contribution in [0.3, 0.4) is 0 Å². The third-order valence-electron chi connectivity index (χ3n) is 2.24. The van der Waals surface area contributed by atoms with Crippen LogP contribution in [0.1, 0.15) is 18.4 Å². The highest BCUT2D eigenvalue weighted by Gasteiger charge is 2.32. The summed E-state index contributed by atoms with van der Waals surface area (Å²) in [4.78, 5) is 9.85. The highest BCUT2D eigenvalue weighted by molar-refractivity contribution is 5.44. The van der Waals surface area contributed by atoms with Crippen molar-refractivity contribution in [3.05, 3.63) is 46.5 Å². The summed E-state index contributed by atoms with van der Waals surface area (Å²) < 4.78 is 39.9. The van der Waals surface area contributed by atoms with E-state index in [0.29, 0.717) is 5.56 Å². The first-order valence-corrected chi connectivity index (χ1v) is 4.90. The number of allylic oxidation sites excluding steroid dienone is 1. The maximum absolute atomic E-state index is 12.1. The quantitative estimate of drug-likeness (QED) is 0.470. The first kappa shape index (κ1) is 14.0. The topological polar surface area (TPSA) is 52.4 Å². The number of hydrogen-bond acceptors (Lipinski definition) is 3. The van der Waals surface area contributed by atoms with Crippen LogP contribution in [0.15, 0.2) is 30.9 Å². The number of non-ortho nitro benzene ring substituents is 1. The first-order valence-electron chi connectivity index (χ1n) is 4.90. The molecule has 4 nitrogen and oxygen atoms in total. The molecule has 0 aliphatic carbocycles. The molecule has 98 valence electrons. The van der Waals surface area contributed by atoms with E-state index >= 15 is 0 Å². The van der Waals surface area contributed by atoms with Crippen molar-refractivity contribution in [1.82, 2.24) is 0 Å². The van der Waals surface area contributed by atoms with Gasteiger partial charge in [0.15, 0.2) is 0 Å². The molecule has 0 N–H and O–H groups in total. The minimum atomic E-state index is -4.89. The Kier molecular flexibility index (Phi) is 3.95. The van der Waals surface area contributed by atoms with Gasteiger partial charge in [-0.25, -0.2) is 0 Å². The lowest BCUT2D eigenvalue weighted by Gasteiger charge is -2.12. The Morgan fingerprint density at radius 3 is 2.50 bits per heavy atom. The summed E-state index contributed by atoms with van der Waals surface area (Å²) in [6, 6.07) is 3.02. The third kappa shape index (κ3) is 3.76. The van der Waals surface area contributed by atoms with Gasteiger partial charge < -0.3 is 4.74 Å². The summed E-state index contributed by atoms with van der Waals surface area (Å²) >= 11 is 0. The summed E-state index contributed by atoms with van der Waals surface area (Å²) in [6.07, 6.45) is -3.42. The highest BCUT2D eigenvalue weighted by Crippen LogP contribution is 2.31. The van der Waals surface area contributed by atoms with E-state index in [4.69, 9.17) is 0 Å². The maximum Gasteiger partial charge on any atom is 0.573 e. The van der Waals surface area contributed by atoms with Gasteiger partial charge in [-0.15, -0.1) is 19.8 Å². The van der Waals surface area contributed by atoms with Crippen molar-refractivity contribution < 1.29 is 22.8 Å². The van der Waals surface area contributed by atoms with E-state index in [1.54, 1.807) is 6.92 Å². The van der Waals surface area contributed by atoms with Crippen molar-refractivity contribution in [2.45, 2.75) is 19.2 Å². The smallest absolute Gasteiger partial charge is 0.406 e. The lowest BCUT2D eigenvalue weighted by Crippen LogP contribution is -2.17. The van der Waals surface area contributed by atoms with E-state index in [1.807, 2.05) is 0 Å². The molecule has 1 unspecified atom stereocenters. The number of nitro groups is 1.